The molecule has 2 aliphatic rings. The summed E-state index contributed by atoms with van der Waals surface area (Å²) < 4.78 is 20.2. The molecule has 16 heteroatoms. The van der Waals surface area contributed by atoms with E-state index in [2.05, 4.69) is 63.8 Å². The third-order valence-corrected chi connectivity index (χ3v) is 10.5. The first-order valence-electron chi connectivity index (χ1n) is 19.4. The van der Waals surface area contributed by atoms with Gasteiger partial charge in [-0.1, -0.05) is 44.1 Å². The fraction of sp³-hybridized carbons (Fsp3) is 0.381. The average Bonchev–Trinajstić information content (AvgIpc) is 3.70. The maximum Gasteiger partial charge on any atom is 0.328 e. The minimum Gasteiger partial charge on any atom is -0.365 e. The predicted molar refractivity (Wildman–Crippen MR) is 217 cm³/mol. The van der Waals surface area contributed by atoms with Crippen molar-refractivity contribution in [1.29, 1.82) is 0 Å². The number of amides is 4. The largest absolute Gasteiger partial charge is 0.365 e. The Hall–Kier alpha value is -6.29. The highest BCUT2D eigenvalue weighted by molar-refractivity contribution is 6.05. The van der Waals surface area contributed by atoms with Gasteiger partial charge in [0.25, 0.3) is 0 Å². The molecule has 302 valence electrons. The van der Waals surface area contributed by atoms with Crippen molar-refractivity contribution in [1.82, 2.24) is 40.6 Å². The monoisotopic (exact) mass is 789 g/mol. The van der Waals surface area contributed by atoms with Gasteiger partial charge in [0, 0.05) is 62.2 Å². The molecule has 7 rings (SSSR count). The zero-order valence-electron chi connectivity index (χ0n) is 33.5. The van der Waals surface area contributed by atoms with Crippen molar-refractivity contribution in [3.8, 4) is 11.3 Å². The molecule has 2 saturated heterocycles. The van der Waals surface area contributed by atoms with Gasteiger partial charge in [-0.05, 0) is 74.2 Å². The molecule has 0 bridgehead atoms. The van der Waals surface area contributed by atoms with Gasteiger partial charge in [0.05, 0.1) is 29.3 Å². The van der Waals surface area contributed by atoms with Crippen LogP contribution in [0.2, 0.25) is 0 Å². The van der Waals surface area contributed by atoms with Crippen molar-refractivity contribution in [3.63, 3.8) is 0 Å². The first-order chi connectivity index (χ1) is 27.7. The highest BCUT2D eigenvalue weighted by atomic mass is 19.1. The number of benzene rings is 2. The smallest absolute Gasteiger partial charge is 0.328 e. The molecule has 5 heterocycles. The molecule has 15 nitrogen and oxygen atoms in total. The maximum atomic E-state index is 15.0. The number of carbonyl (C=O) groups excluding carboxylic acids is 3. The molecule has 3 aromatic heterocycles. The molecule has 2 aromatic carbocycles. The fourth-order valence-corrected chi connectivity index (χ4v) is 7.25. The number of pyridine rings is 1. The molecule has 0 aliphatic carbocycles. The van der Waals surface area contributed by atoms with Crippen LogP contribution in [0.25, 0.3) is 11.3 Å². The van der Waals surface area contributed by atoms with Gasteiger partial charge >= 0.3 is 17.8 Å². The Bertz CT molecular complexity index is 2310. The van der Waals surface area contributed by atoms with E-state index < -0.39 is 17.8 Å². The van der Waals surface area contributed by atoms with Gasteiger partial charge in [0.2, 0.25) is 5.91 Å². The van der Waals surface area contributed by atoms with Crippen LogP contribution in [-0.4, -0.2) is 86.6 Å². The SMILES string of the molecule is Cc1cc(-c2cc(Nc3ccc(N4CCN(CCc5ccc(N6CCC(=O)NC6=O)c(F)c5)C[C@@H]4C)cn3)ncn2)ccc1[C@@H](C)NC(=O)c1nc(C(C)(C)C)no1. The topological polar surface area (TPSA) is 175 Å². The van der Waals surface area contributed by atoms with Crippen LogP contribution in [0.1, 0.15) is 80.3 Å². The Labute approximate surface area is 336 Å². The zero-order chi connectivity index (χ0) is 41.1. The molecule has 2 fully saturated rings. The summed E-state index contributed by atoms with van der Waals surface area (Å²) in [6, 6.07) is 16.1. The van der Waals surface area contributed by atoms with Crippen molar-refractivity contribution in [2.24, 2.45) is 0 Å². The molecule has 58 heavy (non-hydrogen) atoms. The predicted octanol–water partition coefficient (Wildman–Crippen LogP) is 6.10. The molecular weight excluding hydrogens is 742 g/mol. The van der Waals surface area contributed by atoms with Crippen LogP contribution in [0.3, 0.4) is 0 Å². The van der Waals surface area contributed by atoms with Crippen LogP contribution >= 0.6 is 0 Å². The average molecular weight is 790 g/mol. The first kappa shape index (κ1) is 39.9. The summed E-state index contributed by atoms with van der Waals surface area (Å²) in [6.07, 6.45) is 4.20. The Kier molecular flexibility index (Phi) is 11.5. The Morgan fingerprint density at radius 2 is 1.84 bits per heavy atom. The minimum absolute atomic E-state index is 0.0641. The van der Waals surface area contributed by atoms with Crippen LogP contribution in [0, 0.1) is 12.7 Å². The number of hydrogen-bond acceptors (Lipinski definition) is 12. The molecule has 0 saturated carbocycles. The molecule has 4 amide bonds. The lowest BCUT2D eigenvalue weighted by Gasteiger charge is -2.41. The molecule has 0 spiro atoms. The van der Waals surface area contributed by atoms with Crippen LogP contribution in [0.5, 0.6) is 0 Å². The highest BCUT2D eigenvalue weighted by Gasteiger charge is 2.28. The third kappa shape index (κ3) is 9.12. The second kappa shape index (κ2) is 16.7. The van der Waals surface area contributed by atoms with Crippen molar-refractivity contribution >= 4 is 40.9 Å². The van der Waals surface area contributed by atoms with Crippen LogP contribution in [-0.2, 0) is 16.6 Å². The van der Waals surface area contributed by atoms with E-state index in [0.717, 1.165) is 59.8 Å². The van der Waals surface area contributed by atoms with Gasteiger partial charge in [-0.3, -0.25) is 24.7 Å². The van der Waals surface area contributed by atoms with Crippen molar-refractivity contribution < 1.29 is 23.3 Å². The molecule has 2 aliphatic heterocycles. The van der Waals surface area contributed by atoms with E-state index in [1.165, 1.54) is 17.3 Å². The number of anilines is 4. The molecule has 0 radical (unpaired) electrons. The standard InChI is InChI=1S/C42H48FN11O4/c1-25-19-29(8-10-31(25)27(3)47-38(56)39-50-40(51-58-39)42(4,5)6)33-21-36(46-24-45-33)48-35-12-9-30(22-44-35)53-18-17-52(23-26(53)2)15-13-28-7-11-34(32(43)20-28)54-16-14-37(55)49-41(54)57/h7-12,19-22,24,26-27H,13-18,23H2,1-6H3,(H,47,56)(H,49,55,57)(H,44,45,46,48)/t26-,27+/m0/s1. The second-order valence-corrected chi connectivity index (χ2v) is 15.9. The number of aromatic nitrogens is 5. The number of halogens is 1. The third-order valence-electron chi connectivity index (χ3n) is 10.5. The summed E-state index contributed by atoms with van der Waals surface area (Å²) in [5.74, 6) is 0.415. The number of piperazine rings is 1. The van der Waals surface area contributed by atoms with E-state index in [1.807, 2.05) is 77.2 Å². The van der Waals surface area contributed by atoms with Crippen LogP contribution in [0.15, 0.2) is 71.6 Å². The van der Waals surface area contributed by atoms with Gasteiger partial charge in [-0.25, -0.2) is 24.1 Å². The van der Waals surface area contributed by atoms with E-state index in [0.29, 0.717) is 23.9 Å². The van der Waals surface area contributed by atoms with Crippen molar-refractivity contribution in [3.05, 3.63) is 101 Å². The van der Waals surface area contributed by atoms with E-state index in [4.69, 9.17) is 4.52 Å². The number of hydrogen-bond donors (Lipinski definition) is 3. The van der Waals surface area contributed by atoms with Gasteiger partial charge in [0.1, 0.15) is 23.8 Å². The number of urea groups is 1. The number of imide groups is 1. The highest BCUT2D eigenvalue weighted by Crippen LogP contribution is 2.28. The Morgan fingerprint density at radius 1 is 1.02 bits per heavy atom. The number of aryl methyl sites for hydroxylation is 1. The summed E-state index contributed by atoms with van der Waals surface area (Å²) in [7, 11) is 0. The van der Waals surface area contributed by atoms with Gasteiger partial charge in [0.15, 0.2) is 5.82 Å². The second-order valence-electron chi connectivity index (χ2n) is 15.9. The van der Waals surface area contributed by atoms with Gasteiger partial charge in [-0.2, -0.15) is 4.98 Å². The summed E-state index contributed by atoms with van der Waals surface area (Å²) in [5.41, 5.74) is 5.30. The first-order valence-corrected chi connectivity index (χ1v) is 19.4. The number of rotatable bonds is 11. The quantitative estimate of drug-likeness (QED) is 0.141. The van der Waals surface area contributed by atoms with Crippen molar-refractivity contribution in [2.45, 2.75) is 71.9 Å². The van der Waals surface area contributed by atoms with E-state index >= 15 is 0 Å². The minimum atomic E-state index is -0.597. The molecule has 0 unspecified atom stereocenters. The van der Waals surface area contributed by atoms with Crippen LogP contribution < -0.4 is 25.8 Å². The maximum absolute atomic E-state index is 15.0. The van der Waals surface area contributed by atoms with E-state index in [1.54, 1.807) is 6.07 Å². The van der Waals surface area contributed by atoms with E-state index in [-0.39, 0.29) is 47.9 Å². The number of nitrogens with one attached hydrogen (secondary N) is 3. The Morgan fingerprint density at radius 3 is 2.53 bits per heavy atom. The number of carbonyl (C=O) groups is 3. The molecule has 2 atom stereocenters. The molecule has 3 N–H and O–H groups in total. The molecule has 5 aromatic rings. The van der Waals surface area contributed by atoms with Gasteiger partial charge in [-0.15, -0.1) is 0 Å². The Balaban J connectivity index is 0.907. The number of nitrogens with zero attached hydrogens (tertiary/aromatic N) is 8. The normalized spacial score (nSPS) is 16.9. The van der Waals surface area contributed by atoms with Gasteiger partial charge < -0.3 is 20.1 Å². The lowest BCUT2D eigenvalue weighted by molar-refractivity contribution is -0.120. The zero-order valence-corrected chi connectivity index (χ0v) is 33.5. The summed E-state index contributed by atoms with van der Waals surface area (Å²) in [5, 5.41) is 12.4. The summed E-state index contributed by atoms with van der Waals surface area (Å²) in [6.45, 7) is 15.4. The summed E-state index contributed by atoms with van der Waals surface area (Å²) >= 11 is 0. The van der Waals surface area contributed by atoms with E-state index in [9.17, 15) is 18.8 Å². The lowest BCUT2D eigenvalue weighted by Crippen LogP contribution is -2.52. The lowest BCUT2D eigenvalue weighted by atomic mass is 9.96. The fourth-order valence-electron chi connectivity index (χ4n) is 7.25. The summed E-state index contributed by atoms with van der Waals surface area (Å²) in [4.78, 5) is 60.3. The van der Waals surface area contributed by atoms with Crippen molar-refractivity contribution in [2.75, 3.05) is 47.8 Å². The van der Waals surface area contributed by atoms with Crippen LogP contribution in [0.4, 0.5) is 32.2 Å². The molecular formula is C42H48FN11O4.